The molecule has 0 aliphatic carbocycles. The third kappa shape index (κ3) is 6.80. The van der Waals surface area contributed by atoms with Crippen molar-refractivity contribution in [3.63, 3.8) is 0 Å². The number of ether oxygens (including phenoxy) is 2. The van der Waals surface area contributed by atoms with Crippen molar-refractivity contribution in [2.45, 2.75) is 58.0 Å². The first-order valence-corrected chi connectivity index (χ1v) is 5.48. The van der Waals surface area contributed by atoms with Crippen LogP contribution in [0.5, 0.6) is 0 Å². The Morgan fingerprint density at radius 3 is 2.18 bits per heavy atom. The van der Waals surface area contributed by atoms with Gasteiger partial charge in [-0.25, -0.2) is 0 Å². The predicted molar refractivity (Wildman–Crippen MR) is 52.8 cm³/mol. The van der Waals surface area contributed by atoms with E-state index in [1.165, 1.54) is 0 Å². The van der Waals surface area contributed by atoms with Crippen molar-refractivity contribution in [3.8, 4) is 0 Å². The third-order valence-electron chi connectivity index (χ3n) is 2.01. The normalized spacial score (nSPS) is 15.0. The first-order chi connectivity index (χ1) is 7.70. The van der Waals surface area contributed by atoms with Crippen LogP contribution in [0.15, 0.2) is 0 Å². The summed E-state index contributed by atoms with van der Waals surface area (Å²) >= 11 is 0. The van der Waals surface area contributed by atoms with E-state index < -0.39 is 18.5 Å². The number of rotatable bonds is 9. The van der Waals surface area contributed by atoms with E-state index in [1.807, 2.05) is 6.92 Å². The van der Waals surface area contributed by atoms with E-state index in [-0.39, 0.29) is 6.61 Å². The standard InChI is InChI=1S/C10H18F4O3/c1-3-4-5-6-7-16-8(2)17-10(13,14)9(11,12)15/h8,15H,3-7H2,1-2H3. The van der Waals surface area contributed by atoms with Gasteiger partial charge >= 0.3 is 12.2 Å². The van der Waals surface area contributed by atoms with Gasteiger partial charge in [-0.05, 0) is 13.3 Å². The Hall–Kier alpha value is -0.400. The van der Waals surface area contributed by atoms with Gasteiger partial charge in [0.25, 0.3) is 0 Å². The van der Waals surface area contributed by atoms with Crippen molar-refractivity contribution in [1.82, 2.24) is 0 Å². The average Bonchev–Trinajstić information content (AvgIpc) is 2.14. The quantitative estimate of drug-likeness (QED) is 0.394. The van der Waals surface area contributed by atoms with Crippen LogP contribution in [0.25, 0.3) is 0 Å². The minimum absolute atomic E-state index is 0.147. The molecule has 0 aliphatic rings. The molecule has 17 heavy (non-hydrogen) atoms. The number of halogens is 4. The van der Waals surface area contributed by atoms with Crippen LogP contribution >= 0.6 is 0 Å². The fourth-order valence-corrected chi connectivity index (χ4v) is 1.09. The average molecular weight is 262 g/mol. The van der Waals surface area contributed by atoms with Crippen LogP contribution in [0.3, 0.4) is 0 Å². The molecular weight excluding hydrogens is 244 g/mol. The van der Waals surface area contributed by atoms with Crippen LogP contribution in [0.2, 0.25) is 0 Å². The number of alkyl halides is 4. The number of hydrogen-bond acceptors (Lipinski definition) is 3. The Labute approximate surface area is 97.7 Å². The molecule has 0 aromatic heterocycles. The highest BCUT2D eigenvalue weighted by molar-refractivity contribution is 4.63. The summed E-state index contributed by atoms with van der Waals surface area (Å²) in [5.74, 6) is 0. The molecule has 0 aliphatic heterocycles. The Balaban J connectivity index is 3.82. The number of aliphatic hydroxyl groups is 1. The second-order valence-electron chi connectivity index (χ2n) is 3.67. The lowest BCUT2D eigenvalue weighted by atomic mass is 10.2. The highest BCUT2D eigenvalue weighted by Crippen LogP contribution is 2.33. The second kappa shape index (κ2) is 7.13. The van der Waals surface area contributed by atoms with Crippen LogP contribution in [0.1, 0.15) is 39.5 Å². The van der Waals surface area contributed by atoms with Crippen LogP contribution in [-0.4, -0.2) is 30.2 Å². The largest absolute Gasteiger partial charge is 0.450 e. The van der Waals surface area contributed by atoms with Crippen molar-refractivity contribution in [2.75, 3.05) is 6.61 Å². The minimum Gasteiger partial charge on any atom is -0.353 e. The van der Waals surface area contributed by atoms with Crippen LogP contribution in [0.4, 0.5) is 17.6 Å². The van der Waals surface area contributed by atoms with E-state index in [0.717, 1.165) is 26.2 Å². The van der Waals surface area contributed by atoms with Gasteiger partial charge in [-0.2, -0.15) is 17.6 Å². The molecule has 0 aromatic carbocycles. The van der Waals surface area contributed by atoms with Crippen molar-refractivity contribution in [2.24, 2.45) is 0 Å². The SMILES string of the molecule is CCCCCCOC(C)OC(F)(F)C(O)(F)F. The van der Waals surface area contributed by atoms with Gasteiger partial charge in [0.05, 0.1) is 0 Å². The molecule has 0 heterocycles. The highest BCUT2D eigenvalue weighted by atomic mass is 19.3. The topological polar surface area (TPSA) is 38.7 Å². The maximum Gasteiger partial charge on any atom is 0.450 e. The number of hydrogen-bond donors (Lipinski definition) is 1. The molecule has 7 heteroatoms. The lowest BCUT2D eigenvalue weighted by Crippen LogP contribution is -2.45. The molecule has 0 saturated heterocycles. The molecule has 0 saturated carbocycles. The number of unbranched alkanes of at least 4 members (excludes halogenated alkanes) is 3. The summed E-state index contributed by atoms with van der Waals surface area (Å²) in [4.78, 5) is 0. The van der Waals surface area contributed by atoms with Gasteiger partial charge in [0.15, 0.2) is 6.29 Å². The summed E-state index contributed by atoms with van der Waals surface area (Å²) in [6.07, 6.45) is -8.16. The van der Waals surface area contributed by atoms with Gasteiger partial charge < -0.3 is 9.84 Å². The first kappa shape index (κ1) is 16.6. The fourth-order valence-electron chi connectivity index (χ4n) is 1.09. The molecule has 1 N–H and O–H groups in total. The molecule has 104 valence electrons. The summed E-state index contributed by atoms with van der Waals surface area (Å²) in [6.45, 7) is 3.23. The lowest BCUT2D eigenvalue weighted by molar-refractivity contribution is -0.443. The summed E-state index contributed by atoms with van der Waals surface area (Å²) in [5, 5.41) is 7.87. The Bertz CT molecular complexity index is 206. The third-order valence-corrected chi connectivity index (χ3v) is 2.01. The maximum atomic E-state index is 12.5. The van der Waals surface area contributed by atoms with E-state index in [1.54, 1.807) is 0 Å². The predicted octanol–water partition coefficient (Wildman–Crippen LogP) is 3.12. The summed E-state index contributed by atoms with van der Waals surface area (Å²) < 4.78 is 57.4. The van der Waals surface area contributed by atoms with Crippen molar-refractivity contribution >= 4 is 0 Å². The molecule has 1 unspecified atom stereocenters. The zero-order chi connectivity index (χ0) is 13.5. The van der Waals surface area contributed by atoms with E-state index in [0.29, 0.717) is 6.42 Å². The first-order valence-electron chi connectivity index (χ1n) is 5.48. The molecule has 0 amide bonds. The molecule has 0 spiro atoms. The monoisotopic (exact) mass is 262 g/mol. The van der Waals surface area contributed by atoms with Gasteiger partial charge in [0.1, 0.15) is 0 Å². The van der Waals surface area contributed by atoms with Crippen LogP contribution < -0.4 is 0 Å². The Kier molecular flexibility index (Phi) is 6.96. The molecule has 3 nitrogen and oxygen atoms in total. The summed E-state index contributed by atoms with van der Waals surface area (Å²) in [6, 6.07) is 0. The van der Waals surface area contributed by atoms with Gasteiger partial charge in [0, 0.05) is 6.61 Å². The van der Waals surface area contributed by atoms with Gasteiger partial charge in [-0.1, -0.05) is 26.2 Å². The molecule has 0 rings (SSSR count). The molecule has 0 bridgehead atoms. The van der Waals surface area contributed by atoms with Gasteiger partial charge in [0.2, 0.25) is 0 Å². The zero-order valence-electron chi connectivity index (χ0n) is 9.89. The highest BCUT2D eigenvalue weighted by Gasteiger charge is 2.58. The molecular formula is C10H18F4O3. The van der Waals surface area contributed by atoms with E-state index >= 15 is 0 Å². The molecule has 0 radical (unpaired) electrons. The smallest absolute Gasteiger partial charge is 0.353 e. The molecule has 1 atom stereocenters. The van der Waals surface area contributed by atoms with Crippen molar-refractivity contribution in [1.29, 1.82) is 0 Å². The van der Waals surface area contributed by atoms with E-state index in [2.05, 4.69) is 4.74 Å². The maximum absolute atomic E-state index is 12.5. The Morgan fingerprint density at radius 1 is 1.12 bits per heavy atom. The summed E-state index contributed by atoms with van der Waals surface area (Å²) in [7, 11) is 0. The molecule has 0 fully saturated rings. The molecule has 0 aromatic rings. The minimum atomic E-state index is -5.22. The fraction of sp³-hybridized carbons (Fsp3) is 1.00. The van der Waals surface area contributed by atoms with Crippen molar-refractivity contribution < 1.29 is 32.1 Å². The van der Waals surface area contributed by atoms with Crippen molar-refractivity contribution in [3.05, 3.63) is 0 Å². The summed E-state index contributed by atoms with van der Waals surface area (Å²) in [5.41, 5.74) is 0. The lowest BCUT2D eigenvalue weighted by Gasteiger charge is -2.24. The van der Waals surface area contributed by atoms with E-state index in [9.17, 15) is 17.6 Å². The van der Waals surface area contributed by atoms with Gasteiger partial charge in [-0.3, -0.25) is 4.74 Å². The Morgan fingerprint density at radius 2 is 1.71 bits per heavy atom. The second-order valence-corrected chi connectivity index (χ2v) is 3.67. The zero-order valence-corrected chi connectivity index (χ0v) is 9.89. The van der Waals surface area contributed by atoms with Crippen LogP contribution in [0, 0.1) is 0 Å². The van der Waals surface area contributed by atoms with Crippen LogP contribution in [-0.2, 0) is 9.47 Å². The van der Waals surface area contributed by atoms with E-state index in [4.69, 9.17) is 9.84 Å². The van der Waals surface area contributed by atoms with Gasteiger partial charge in [-0.15, -0.1) is 0 Å².